The fourth-order valence-corrected chi connectivity index (χ4v) is 6.90. The first-order chi connectivity index (χ1) is 20.1. The van der Waals surface area contributed by atoms with Crippen molar-refractivity contribution in [1.29, 1.82) is 0 Å². The summed E-state index contributed by atoms with van der Waals surface area (Å²) in [5.41, 5.74) is 3.43. The topological polar surface area (TPSA) is 111 Å². The van der Waals surface area contributed by atoms with E-state index in [-0.39, 0.29) is 57.8 Å². The molecule has 1 aromatic heterocycles. The Morgan fingerprint density at radius 2 is 1.74 bits per heavy atom. The normalized spacial score (nSPS) is 21.7. The van der Waals surface area contributed by atoms with Crippen molar-refractivity contribution in [2.75, 3.05) is 24.5 Å². The number of rotatable bonds is 4. The molecule has 230 valence electrons. The van der Waals surface area contributed by atoms with Gasteiger partial charge in [0.05, 0.1) is 22.7 Å². The van der Waals surface area contributed by atoms with Crippen LogP contribution >= 0.6 is 0 Å². The number of sulfonamides is 1. The van der Waals surface area contributed by atoms with Crippen molar-refractivity contribution >= 4 is 21.9 Å². The van der Waals surface area contributed by atoms with E-state index in [1.807, 2.05) is 36.9 Å². The number of amides is 1. The summed E-state index contributed by atoms with van der Waals surface area (Å²) in [4.78, 5) is 25.1. The lowest BCUT2D eigenvalue weighted by molar-refractivity contribution is 0.00567. The molecule has 5 rings (SSSR count). The molecule has 1 amide bonds. The van der Waals surface area contributed by atoms with Gasteiger partial charge < -0.3 is 14.4 Å². The summed E-state index contributed by atoms with van der Waals surface area (Å²) in [5, 5.41) is 0. The number of anilines is 1. The summed E-state index contributed by atoms with van der Waals surface area (Å²) in [6, 6.07) is 13.4. The first kappa shape index (κ1) is 30.9. The number of hydrogen-bond donors (Lipinski definition) is 1. The third kappa shape index (κ3) is 6.86. The van der Waals surface area contributed by atoms with Crippen molar-refractivity contribution in [3.05, 3.63) is 65.2 Å². The SMILES string of the molecule is Cc1cccc(C)c1-c1cc2nc(n1)NS(=O)(=O)c1cccc(c1)C(=O)N(CC1OCCC1(C)C)[C@H](CC(C)(C)C)CO2. The van der Waals surface area contributed by atoms with Crippen molar-refractivity contribution in [2.24, 2.45) is 10.8 Å². The molecule has 43 heavy (non-hydrogen) atoms. The number of benzene rings is 2. The largest absolute Gasteiger partial charge is 0.475 e. The minimum atomic E-state index is -4.13. The van der Waals surface area contributed by atoms with Crippen molar-refractivity contribution in [3.63, 3.8) is 0 Å². The highest BCUT2D eigenvalue weighted by Crippen LogP contribution is 2.36. The molecule has 1 saturated heterocycles. The third-order valence-electron chi connectivity index (χ3n) is 8.33. The van der Waals surface area contributed by atoms with Crippen LogP contribution in [0.15, 0.2) is 53.4 Å². The summed E-state index contributed by atoms with van der Waals surface area (Å²) in [7, 11) is -4.13. The summed E-state index contributed by atoms with van der Waals surface area (Å²) < 4.78 is 42.2. The van der Waals surface area contributed by atoms with Crippen LogP contribution in [0, 0.1) is 24.7 Å². The molecule has 0 radical (unpaired) electrons. The zero-order valence-corrected chi connectivity index (χ0v) is 26.9. The van der Waals surface area contributed by atoms with E-state index >= 15 is 0 Å². The Balaban J connectivity index is 1.67. The number of carbonyl (C=O) groups excluding carboxylic acids is 1. The van der Waals surface area contributed by atoms with Crippen LogP contribution in [0.3, 0.4) is 0 Å². The van der Waals surface area contributed by atoms with Crippen LogP contribution in [0.4, 0.5) is 5.95 Å². The van der Waals surface area contributed by atoms with Crippen molar-refractivity contribution in [3.8, 4) is 17.1 Å². The van der Waals surface area contributed by atoms with E-state index in [0.29, 0.717) is 25.3 Å². The van der Waals surface area contributed by atoms with Gasteiger partial charge in [0.2, 0.25) is 11.8 Å². The van der Waals surface area contributed by atoms with Gasteiger partial charge >= 0.3 is 0 Å². The predicted molar refractivity (Wildman–Crippen MR) is 167 cm³/mol. The lowest BCUT2D eigenvalue weighted by Gasteiger charge is -2.39. The lowest BCUT2D eigenvalue weighted by atomic mass is 9.84. The molecule has 2 aromatic carbocycles. The van der Waals surface area contributed by atoms with Gasteiger partial charge in [-0.15, -0.1) is 0 Å². The van der Waals surface area contributed by atoms with Crippen molar-refractivity contribution < 1.29 is 22.7 Å². The van der Waals surface area contributed by atoms with Crippen molar-refractivity contribution in [2.45, 2.75) is 78.3 Å². The van der Waals surface area contributed by atoms with Gasteiger partial charge in [0, 0.05) is 30.3 Å². The molecule has 2 aliphatic rings. The third-order valence-corrected chi connectivity index (χ3v) is 9.66. The first-order valence-corrected chi connectivity index (χ1v) is 16.3. The number of fused-ring (bicyclic) bond motifs is 4. The quantitative estimate of drug-likeness (QED) is 0.387. The van der Waals surface area contributed by atoms with E-state index in [1.165, 1.54) is 12.1 Å². The minimum Gasteiger partial charge on any atom is -0.475 e. The van der Waals surface area contributed by atoms with E-state index < -0.39 is 10.0 Å². The zero-order chi connectivity index (χ0) is 31.2. The number of aryl methyl sites for hydroxylation is 2. The number of nitrogens with one attached hydrogen (secondary N) is 1. The summed E-state index contributed by atoms with van der Waals surface area (Å²) in [6.45, 7) is 15.8. The molecule has 1 unspecified atom stereocenters. The summed E-state index contributed by atoms with van der Waals surface area (Å²) >= 11 is 0. The second-order valence-corrected chi connectivity index (χ2v) is 15.3. The fourth-order valence-electron chi connectivity index (χ4n) is 5.91. The molecule has 0 spiro atoms. The molecule has 3 heterocycles. The van der Waals surface area contributed by atoms with Crippen molar-refractivity contribution in [1.82, 2.24) is 14.9 Å². The van der Waals surface area contributed by atoms with E-state index in [9.17, 15) is 13.2 Å². The lowest BCUT2D eigenvalue weighted by Crippen LogP contribution is -2.50. The average Bonchev–Trinajstić information content (AvgIpc) is 3.25. The molecule has 1 fully saturated rings. The molecule has 2 atom stereocenters. The van der Waals surface area contributed by atoms with E-state index in [4.69, 9.17) is 9.47 Å². The second-order valence-electron chi connectivity index (χ2n) is 13.6. The Morgan fingerprint density at radius 3 is 2.40 bits per heavy atom. The van der Waals surface area contributed by atoms with Crippen LogP contribution in [-0.4, -0.2) is 61.1 Å². The van der Waals surface area contributed by atoms with Crippen LogP contribution < -0.4 is 9.46 Å². The second kappa shape index (κ2) is 11.5. The van der Waals surface area contributed by atoms with Crippen LogP contribution in [0.2, 0.25) is 0 Å². The minimum absolute atomic E-state index is 0.0501. The molecule has 0 saturated carbocycles. The van der Waals surface area contributed by atoms with Gasteiger partial charge in [-0.1, -0.05) is 58.9 Å². The highest BCUT2D eigenvalue weighted by atomic mass is 32.2. The zero-order valence-electron chi connectivity index (χ0n) is 26.1. The van der Waals surface area contributed by atoms with E-state index in [1.54, 1.807) is 18.2 Å². The molecule has 9 nitrogen and oxygen atoms in total. The monoisotopic (exact) mass is 606 g/mol. The highest BCUT2D eigenvalue weighted by molar-refractivity contribution is 7.92. The number of ether oxygens (including phenoxy) is 2. The maximum absolute atomic E-state index is 14.3. The molecule has 2 aliphatic heterocycles. The summed E-state index contributed by atoms with van der Waals surface area (Å²) in [6.07, 6.45) is 1.36. The Hall–Kier alpha value is -3.50. The Morgan fingerprint density at radius 1 is 1.05 bits per heavy atom. The van der Waals surface area contributed by atoms with Gasteiger partial charge in [-0.05, 0) is 66.8 Å². The smallest absolute Gasteiger partial charge is 0.264 e. The fraction of sp³-hybridized carbons (Fsp3) is 0.485. The van der Waals surface area contributed by atoms with Gasteiger partial charge in [-0.3, -0.25) is 4.79 Å². The molecule has 0 aliphatic carbocycles. The number of nitrogens with zero attached hydrogens (tertiary/aromatic N) is 3. The van der Waals surface area contributed by atoms with Gasteiger partial charge in [-0.25, -0.2) is 18.1 Å². The molecular weight excluding hydrogens is 564 g/mol. The maximum atomic E-state index is 14.3. The first-order valence-electron chi connectivity index (χ1n) is 14.8. The highest BCUT2D eigenvalue weighted by Gasteiger charge is 2.40. The standard InChI is InChI=1S/C33H42N4O5S/c1-21-10-8-11-22(2)29(21)26-17-28-35-31(34-26)36-43(39,40)25-13-9-12-23(16-25)30(38)37(19-27-33(6,7)14-15-41-27)24(20-42-28)18-32(3,4)5/h8-13,16-17,24,27H,14-15,18-20H2,1-7H3,(H,34,35,36)/t24-,27?/m1/s1. The Labute approximate surface area is 255 Å². The van der Waals surface area contributed by atoms with E-state index in [0.717, 1.165) is 23.1 Å². The molecule has 10 heteroatoms. The summed E-state index contributed by atoms with van der Waals surface area (Å²) in [5.74, 6) is -0.147. The molecule has 4 bridgehead atoms. The van der Waals surface area contributed by atoms with Gasteiger partial charge in [0.15, 0.2) is 0 Å². The van der Waals surface area contributed by atoms with Gasteiger partial charge in [0.25, 0.3) is 15.9 Å². The Kier molecular flexibility index (Phi) is 8.30. The van der Waals surface area contributed by atoms with Gasteiger partial charge in [-0.2, -0.15) is 4.98 Å². The maximum Gasteiger partial charge on any atom is 0.264 e. The van der Waals surface area contributed by atoms with E-state index in [2.05, 4.69) is 49.3 Å². The number of aromatic nitrogens is 2. The predicted octanol–water partition coefficient (Wildman–Crippen LogP) is 6.02. The van der Waals surface area contributed by atoms with Gasteiger partial charge in [0.1, 0.15) is 6.61 Å². The number of hydrogen-bond acceptors (Lipinski definition) is 7. The molecule has 1 N–H and O–H groups in total. The van der Waals surface area contributed by atoms with Crippen LogP contribution in [0.5, 0.6) is 5.88 Å². The number of carbonyl (C=O) groups is 1. The molecule has 3 aromatic rings. The van der Waals surface area contributed by atoms with Crippen LogP contribution in [-0.2, 0) is 14.8 Å². The molecular formula is C33H42N4O5S. The van der Waals surface area contributed by atoms with Crippen LogP contribution in [0.25, 0.3) is 11.3 Å². The van der Waals surface area contributed by atoms with Crippen LogP contribution in [0.1, 0.15) is 68.9 Å². The Bertz CT molecular complexity index is 1610. The average molecular weight is 607 g/mol.